The lowest BCUT2D eigenvalue weighted by molar-refractivity contribution is 0.101. The minimum Gasteiger partial charge on any atom is -0.501 e. The Hall–Kier alpha value is -2.56. The van der Waals surface area contributed by atoms with Crippen molar-refractivity contribution >= 4 is 17.8 Å². The molecule has 0 saturated carbocycles. The van der Waals surface area contributed by atoms with Crippen molar-refractivity contribution in [1.29, 1.82) is 0 Å². The van der Waals surface area contributed by atoms with Gasteiger partial charge < -0.3 is 18.9 Å². The zero-order chi connectivity index (χ0) is 16.7. The summed E-state index contributed by atoms with van der Waals surface area (Å²) in [5, 5.41) is 0. The SMILES string of the molecule is C=CC1=C2C(C)=NC=[N+]=C2CC(OCCOC)=C1O/C=C/OC. The van der Waals surface area contributed by atoms with E-state index in [4.69, 9.17) is 18.9 Å². The summed E-state index contributed by atoms with van der Waals surface area (Å²) in [4.78, 5) is 4.26. The molecule has 23 heavy (non-hydrogen) atoms. The molecule has 6 nitrogen and oxygen atoms in total. The van der Waals surface area contributed by atoms with E-state index in [1.54, 1.807) is 26.6 Å². The van der Waals surface area contributed by atoms with Gasteiger partial charge in [-0.25, -0.2) is 4.67 Å². The minimum absolute atomic E-state index is 0.427. The molecule has 2 rings (SSSR count). The average Bonchev–Trinajstić information content (AvgIpc) is 2.55. The number of hydrogen-bond acceptors (Lipinski definition) is 5. The van der Waals surface area contributed by atoms with Crippen LogP contribution in [0.2, 0.25) is 0 Å². The first-order valence-electron chi connectivity index (χ1n) is 7.22. The van der Waals surface area contributed by atoms with Gasteiger partial charge in [-0.1, -0.05) is 12.7 Å². The summed E-state index contributed by atoms with van der Waals surface area (Å²) in [6.45, 7) is 6.74. The lowest BCUT2D eigenvalue weighted by atomic mass is 9.89. The van der Waals surface area contributed by atoms with Crippen molar-refractivity contribution in [3.63, 3.8) is 0 Å². The molecule has 0 atom stereocenters. The molecule has 0 aromatic carbocycles. The first kappa shape index (κ1) is 16.8. The van der Waals surface area contributed by atoms with Crippen molar-refractivity contribution in [1.82, 2.24) is 4.67 Å². The summed E-state index contributed by atoms with van der Waals surface area (Å²) in [5.41, 5.74) is 3.50. The van der Waals surface area contributed by atoms with Crippen LogP contribution in [-0.2, 0) is 18.9 Å². The third-order valence-corrected chi connectivity index (χ3v) is 3.36. The third-order valence-electron chi connectivity index (χ3n) is 3.36. The summed E-state index contributed by atoms with van der Waals surface area (Å²) in [5.74, 6) is 1.28. The van der Waals surface area contributed by atoms with Crippen LogP contribution >= 0.6 is 0 Å². The number of rotatable bonds is 8. The molecule has 1 heterocycles. The maximum absolute atomic E-state index is 5.82. The molecule has 2 aliphatic rings. The van der Waals surface area contributed by atoms with Crippen molar-refractivity contribution in [2.45, 2.75) is 13.3 Å². The van der Waals surface area contributed by atoms with Crippen molar-refractivity contribution < 1.29 is 18.9 Å². The maximum Gasteiger partial charge on any atom is 0.378 e. The van der Waals surface area contributed by atoms with E-state index in [9.17, 15) is 0 Å². The average molecular weight is 317 g/mol. The molecule has 0 amide bonds. The van der Waals surface area contributed by atoms with E-state index < -0.39 is 0 Å². The Bertz CT molecular complexity index is 662. The predicted octanol–water partition coefficient (Wildman–Crippen LogP) is 1.89. The zero-order valence-electron chi connectivity index (χ0n) is 13.7. The number of methoxy groups -OCH3 is 2. The molecule has 122 valence electrons. The van der Waals surface area contributed by atoms with E-state index >= 15 is 0 Å². The number of fused-ring (bicyclic) bond motifs is 1. The van der Waals surface area contributed by atoms with E-state index in [1.807, 2.05) is 6.92 Å². The highest BCUT2D eigenvalue weighted by Gasteiger charge is 2.34. The van der Waals surface area contributed by atoms with E-state index in [2.05, 4.69) is 16.2 Å². The van der Waals surface area contributed by atoms with Crippen molar-refractivity contribution in [3.8, 4) is 0 Å². The molecule has 0 radical (unpaired) electrons. The lowest BCUT2D eigenvalue weighted by Crippen LogP contribution is -2.26. The molecular formula is C17H21N2O4+. The number of aliphatic imine (C=N–C) groups is 1. The molecule has 0 aromatic heterocycles. The van der Waals surface area contributed by atoms with Crippen LogP contribution < -0.4 is 4.67 Å². The second-order valence-corrected chi connectivity index (χ2v) is 4.79. The highest BCUT2D eigenvalue weighted by Crippen LogP contribution is 2.32. The highest BCUT2D eigenvalue weighted by molar-refractivity contribution is 6.28. The Balaban J connectivity index is 2.44. The van der Waals surface area contributed by atoms with Gasteiger partial charge in [0.2, 0.25) is 5.71 Å². The first-order valence-corrected chi connectivity index (χ1v) is 7.22. The van der Waals surface area contributed by atoms with Crippen LogP contribution in [0.15, 0.2) is 52.8 Å². The Morgan fingerprint density at radius 3 is 2.83 bits per heavy atom. The van der Waals surface area contributed by atoms with Gasteiger partial charge in [0.15, 0.2) is 11.5 Å². The molecule has 0 unspecified atom stereocenters. The molecule has 0 bridgehead atoms. The highest BCUT2D eigenvalue weighted by atomic mass is 16.5. The van der Waals surface area contributed by atoms with Crippen LogP contribution in [0.5, 0.6) is 0 Å². The molecule has 0 N–H and O–H groups in total. The molecule has 0 aromatic rings. The molecule has 0 fully saturated rings. The van der Waals surface area contributed by atoms with Gasteiger partial charge in [0.05, 0.1) is 25.7 Å². The fourth-order valence-corrected chi connectivity index (χ4v) is 2.34. The van der Waals surface area contributed by atoms with Crippen molar-refractivity contribution in [2.75, 3.05) is 27.4 Å². The summed E-state index contributed by atoms with van der Waals surface area (Å²) in [6, 6.07) is 0. The Morgan fingerprint density at radius 1 is 1.30 bits per heavy atom. The second kappa shape index (κ2) is 8.17. The molecule has 1 aliphatic heterocycles. The van der Waals surface area contributed by atoms with E-state index in [0.29, 0.717) is 31.2 Å². The summed E-state index contributed by atoms with van der Waals surface area (Å²) in [6.07, 6.45) is 6.71. The number of allylic oxidation sites excluding steroid dienone is 3. The summed E-state index contributed by atoms with van der Waals surface area (Å²) >= 11 is 0. The van der Waals surface area contributed by atoms with Crippen LogP contribution in [0.1, 0.15) is 13.3 Å². The van der Waals surface area contributed by atoms with E-state index in [-0.39, 0.29) is 0 Å². The fourth-order valence-electron chi connectivity index (χ4n) is 2.34. The Morgan fingerprint density at radius 2 is 2.13 bits per heavy atom. The monoisotopic (exact) mass is 317 g/mol. The Kier molecular flexibility index (Phi) is 5.97. The standard InChI is InChI=1S/C17H21N2O4/c1-5-13-16-12(2)18-11-19-14(16)10-15(22-8-6-20-3)17(13)23-9-7-21-4/h5,7,9,11H,1,6,8,10H2,2-4H3/q+1/b9-7+. The quantitative estimate of drug-likeness (QED) is 0.390. The van der Waals surface area contributed by atoms with Gasteiger partial charge in [-0.15, -0.1) is 0 Å². The lowest BCUT2D eigenvalue weighted by Gasteiger charge is -2.22. The van der Waals surface area contributed by atoms with Gasteiger partial charge in [-0.2, -0.15) is 0 Å². The number of hydrogen-bond donors (Lipinski definition) is 0. The van der Waals surface area contributed by atoms with Crippen LogP contribution in [-0.4, -0.2) is 45.2 Å². The zero-order valence-corrected chi connectivity index (χ0v) is 13.7. The predicted molar refractivity (Wildman–Crippen MR) is 90.2 cm³/mol. The van der Waals surface area contributed by atoms with Crippen LogP contribution in [0.25, 0.3) is 0 Å². The van der Waals surface area contributed by atoms with Crippen LogP contribution in [0.4, 0.5) is 0 Å². The van der Waals surface area contributed by atoms with Gasteiger partial charge in [0.25, 0.3) is 0 Å². The topological polar surface area (TPSA) is 63.4 Å². The largest absolute Gasteiger partial charge is 0.501 e. The number of ether oxygens (including phenoxy) is 4. The van der Waals surface area contributed by atoms with Crippen molar-refractivity contribution in [2.24, 2.45) is 4.99 Å². The van der Waals surface area contributed by atoms with Gasteiger partial charge in [-0.05, 0) is 4.99 Å². The Labute approximate surface area is 135 Å². The molecule has 1 aliphatic carbocycles. The van der Waals surface area contributed by atoms with Crippen LogP contribution in [0.3, 0.4) is 0 Å². The number of nitrogens with zero attached hydrogens (tertiary/aromatic N) is 2. The van der Waals surface area contributed by atoms with E-state index in [0.717, 1.165) is 22.6 Å². The first-order chi connectivity index (χ1) is 11.2. The normalized spacial score (nSPS) is 17.0. The third kappa shape index (κ3) is 3.80. The van der Waals surface area contributed by atoms with E-state index in [1.165, 1.54) is 12.5 Å². The van der Waals surface area contributed by atoms with Gasteiger partial charge in [0.1, 0.15) is 24.9 Å². The fraction of sp³-hybridized carbons (Fsp3) is 0.353. The van der Waals surface area contributed by atoms with Crippen molar-refractivity contribution in [3.05, 3.63) is 47.8 Å². The molecule has 0 spiro atoms. The van der Waals surface area contributed by atoms with Gasteiger partial charge >= 0.3 is 6.34 Å². The van der Waals surface area contributed by atoms with Gasteiger partial charge in [-0.3, -0.25) is 0 Å². The van der Waals surface area contributed by atoms with Crippen LogP contribution in [0, 0.1) is 0 Å². The summed E-state index contributed by atoms with van der Waals surface area (Å²) < 4.78 is 25.8. The summed E-state index contributed by atoms with van der Waals surface area (Å²) in [7, 11) is 3.18. The molecule has 0 saturated heterocycles. The maximum atomic E-state index is 5.82. The van der Waals surface area contributed by atoms with Gasteiger partial charge in [0, 0.05) is 19.6 Å². The second-order valence-electron chi connectivity index (χ2n) is 4.79. The smallest absolute Gasteiger partial charge is 0.378 e. The minimum atomic E-state index is 0.427. The molecule has 6 heteroatoms. The molecular weight excluding hydrogens is 296 g/mol.